The van der Waals surface area contributed by atoms with Crippen molar-refractivity contribution < 1.29 is 24.8 Å². The summed E-state index contributed by atoms with van der Waals surface area (Å²) < 4.78 is 12.5. The highest BCUT2D eigenvalue weighted by atomic mass is 16.6. The molecule has 9 heteroatoms. The molecule has 3 heterocycles. The second kappa shape index (κ2) is 5.10. The quantitative estimate of drug-likeness (QED) is 0.670. The summed E-state index contributed by atoms with van der Waals surface area (Å²) in [5.41, 5.74) is -0.607. The lowest BCUT2D eigenvalue weighted by Gasteiger charge is -2.31. The van der Waals surface area contributed by atoms with E-state index >= 15 is 0 Å². The average Bonchev–Trinajstić information content (AvgIpc) is 3.29. The van der Waals surface area contributed by atoms with Crippen LogP contribution in [-0.4, -0.2) is 66.4 Å². The van der Waals surface area contributed by atoms with Gasteiger partial charge in [0.1, 0.15) is 24.1 Å². The summed E-state index contributed by atoms with van der Waals surface area (Å²) in [4.78, 5) is 12.4. The van der Waals surface area contributed by atoms with Crippen LogP contribution >= 0.6 is 0 Å². The van der Waals surface area contributed by atoms with Gasteiger partial charge in [-0.15, -0.1) is 0 Å². The Hall–Kier alpha value is -1.81. The Labute approximate surface area is 131 Å². The summed E-state index contributed by atoms with van der Waals surface area (Å²) >= 11 is 0. The molecule has 0 bridgehead atoms. The minimum Gasteiger partial charge on any atom is -0.479 e. The molecule has 0 radical (unpaired) electrons. The molecule has 2 fully saturated rings. The predicted octanol–water partition coefficient (Wildman–Crippen LogP) is -0.773. The largest absolute Gasteiger partial charge is 0.479 e. The summed E-state index contributed by atoms with van der Waals surface area (Å²) in [6.45, 7) is -0.377. The summed E-state index contributed by atoms with van der Waals surface area (Å²) in [5.74, 6) is 0.237. The third-order valence-electron chi connectivity index (χ3n) is 4.71. The molecule has 1 aliphatic carbocycles. The molecule has 0 unspecified atom stereocenters. The number of hydrogen-bond acceptors (Lipinski definition) is 8. The van der Waals surface area contributed by atoms with Crippen LogP contribution < -0.4 is 4.74 Å². The van der Waals surface area contributed by atoms with E-state index in [4.69, 9.17) is 9.47 Å². The summed E-state index contributed by atoms with van der Waals surface area (Å²) in [6.07, 6.45) is 1.51. The molecule has 0 aromatic carbocycles. The minimum atomic E-state index is -1.49. The van der Waals surface area contributed by atoms with Gasteiger partial charge in [0.2, 0.25) is 5.88 Å². The molecular formula is C14H18N4O5. The number of aliphatic hydroxyl groups excluding tert-OH is 2. The van der Waals surface area contributed by atoms with Gasteiger partial charge in [-0.05, 0) is 18.8 Å². The van der Waals surface area contributed by atoms with E-state index in [1.807, 2.05) is 0 Å². The lowest BCUT2D eigenvalue weighted by atomic mass is 9.89. The zero-order valence-electron chi connectivity index (χ0n) is 12.5. The van der Waals surface area contributed by atoms with E-state index in [0.29, 0.717) is 17.0 Å². The molecule has 124 valence electrons. The van der Waals surface area contributed by atoms with Crippen LogP contribution in [0.4, 0.5) is 0 Å². The number of imidazole rings is 1. The van der Waals surface area contributed by atoms with E-state index in [-0.39, 0.29) is 12.5 Å². The highest BCUT2D eigenvalue weighted by Crippen LogP contribution is 2.52. The van der Waals surface area contributed by atoms with Crippen LogP contribution in [0.5, 0.6) is 5.88 Å². The van der Waals surface area contributed by atoms with E-state index in [1.54, 1.807) is 4.57 Å². The van der Waals surface area contributed by atoms with Crippen LogP contribution in [0.2, 0.25) is 0 Å². The van der Waals surface area contributed by atoms with Crippen molar-refractivity contribution in [1.82, 2.24) is 19.5 Å². The van der Waals surface area contributed by atoms with Gasteiger partial charge in [-0.2, -0.15) is 4.98 Å². The zero-order valence-corrected chi connectivity index (χ0v) is 12.5. The third-order valence-corrected chi connectivity index (χ3v) is 4.71. The molecule has 23 heavy (non-hydrogen) atoms. The number of methoxy groups -OCH3 is 1. The molecule has 1 saturated heterocycles. The van der Waals surface area contributed by atoms with Crippen molar-refractivity contribution in [3.05, 3.63) is 12.7 Å². The third kappa shape index (κ3) is 1.97. The molecule has 2 aromatic heterocycles. The zero-order chi connectivity index (χ0) is 16.2. The van der Waals surface area contributed by atoms with Crippen LogP contribution in [-0.2, 0) is 4.74 Å². The van der Waals surface area contributed by atoms with Crippen molar-refractivity contribution in [3.8, 4) is 5.88 Å². The molecule has 1 aliphatic heterocycles. The normalized spacial score (nSPS) is 34.2. The fourth-order valence-corrected chi connectivity index (χ4v) is 3.36. The number of nitrogens with zero attached hydrogens (tertiary/aromatic N) is 4. The Kier molecular flexibility index (Phi) is 3.27. The molecule has 2 aromatic rings. The Bertz CT molecular complexity index is 733. The summed E-state index contributed by atoms with van der Waals surface area (Å²) in [7, 11) is 1.49. The van der Waals surface area contributed by atoms with E-state index in [1.165, 1.54) is 19.8 Å². The van der Waals surface area contributed by atoms with Crippen LogP contribution in [0.15, 0.2) is 12.7 Å². The van der Waals surface area contributed by atoms with E-state index in [9.17, 15) is 15.3 Å². The Morgan fingerprint density at radius 2 is 2.17 bits per heavy atom. The molecule has 3 N–H and O–H groups in total. The summed E-state index contributed by atoms with van der Waals surface area (Å²) in [5, 5.41) is 31.0. The number of fused-ring (bicyclic) bond motifs is 1. The van der Waals surface area contributed by atoms with Gasteiger partial charge in [0.25, 0.3) is 0 Å². The predicted molar refractivity (Wildman–Crippen MR) is 76.6 cm³/mol. The maximum absolute atomic E-state index is 11.1. The fourth-order valence-electron chi connectivity index (χ4n) is 3.36. The van der Waals surface area contributed by atoms with Crippen LogP contribution in [0.3, 0.4) is 0 Å². The highest BCUT2D eigenvalue weighted by Gasteiger charge is 2.63. The maximum Gasteiger partial charge on any atom is 0.245 e. The molecule has 4 atom stereocenters. The molecule has 4 rings (SSSR count). The first kappa shape index (κ1) is 14.8. The SMILES string of the molecule is COc1ncnc2c1ncn2[C@@H]1O[C@H](CO)[C@@H](O)[C@]1(O)C1CC1. The van der Waals surface area contributed by atoms with Crippen molar-refractivity contribution in [1.29, 1.82) is 0 Å². The maximum atomic E-state index is 11.1. The Morgan fingerprint density at radius 3 is 2.83 bits per heavy atom. The van der Waals surface area contributed by atoms with Crippen LogP contribution in [0, 0.1) is 5.92 Å². The number of hydrogen-bond donors (Lipinski definition) is 3. The monoisotopic (exact) mass is 322 g/mol. The second-order valence-corrected chi connectivity index (χ2v) is 6.02. The molecule has 1 saturated carbocycles. The van der Waals surface area contributed by atoms with Gasteiger partial charge in [-0.25, -0.2) is 9.97 Å². The molecule has 0 amide bonds. The van der Waals surface area contributed by atoms with E-state index in [2.05, 4.69) is 15.0 Å². The van der Waals surface area contributed by atoms with Gasteiger partial charge in [0.05, 0.1) is 20.0 Å². The van der Waals surface area contributed by atoms with Crippen LogP contribution in [0.25, 0.3) is 11.2 Å². The van der Waals surface area contributed by atoms with Crippen molar-refractivity contribution in [2.75, 3.05) is 13.7 Å². The highest BCUT2D eigenvalue weighted by molar-refractivity contribution is 5.76. The first-order valence-corrected chi connectivity index (χ1v) is 7.49. The van der Waals surface area contributed by atoms with Gasteiger partial charge in [0.15, 0.2) is 17.4 Å². The number of aliphatic hydroxyl groups is 3. The fraction of sp³-hybridized carbons (Fsp3) is 0.643. The summed E-state index contributed by atoms with van der Waals surface area (Å²) in [6, 6.07) is 0. The van der Waals surface area contributed by atoms with Crippen molar-refractivity contribution in [2.24, 2.45) is 5.92 Å². The van der Waals surface area contributed by atoms with Crippen molar-refractivity contribution >= 4 is 11.2 Å². The minimum absolute atomic E-state index is 0.0831. The molecule has 2 aliphatic rings. The lowest BCUT2D eigenvalue weighted by molar-refractivity contribution is -0.121. The topological polar surface area (TPSA) is 123 Å². The lowest BCUT2D eigenvalue weighted by Crippen LogP contribution is -2.48. The number of ether oxygens (including phenoxy) is 2. The van der Waals surface area contributed by atoms with Crippen LogP contribution in [0.1, 0.15) is 19.1 Å². The van der Waals surface area contributed by atoms with Gasteiger partial charge < -0.3 is 24.8 Å². The van der Waals surface area contributed by atoms with E-state index < -0.39 is 24.0 Å². The number of aromatic nitrogens is 4. The second-order valence-electron chi connectivity index (χ2n) is 6.02. The van der Waals surface area contributed by atoms with Gasteiger partial charge >= 0.3 is 0 Å². The first-order chi connectivity index (χ1) is 11.1. The standard InChI is InChI=1S/C14H18N4O5/c1-22-12-9-11(15-5-16-12)18(6-17-9)13-14(21,7-2-3-7)10(20)8(4-19)23-13/h5-8,10,13,19-21H,2-4H2,1H3/t8-,10-,13-,14-/m1/s1. The van der Waals surface area contributed by atoms with Crippen molar-refractivity contribution in [3.63, 3.8) is 0 Å². The van der Waals surface area contributed by atoms with E-state index in [0.717, 1.165) is 12.8 Å². The van der Waals surface area contributed by atoms with Crippen molar-refractivity contribution in [2.45, 2.75) is 36.9 Å². The van der Waals surface area contributed by atoms with Gasteiger partial charge in [-0.3, -0.25) is 4.57 Å². The average molecular weight is 322 g/mol. The van der Waals surface area contributed by atoms with Gasteiger partial charge in [-0.1, -0.05) is 0 Å². The molecule has 0 spiro atoms. The number of rotatable bonds is 4. The molecular weight excluding hydrogens is 304 g/mol. The molecule has 9 nitrogen and oxygen atoms in total. The first-order valence-electron chi connectivity index (χ1n) is 7.49. The smallest absolute Gasteiger partial charge is 0.245 e. The Morgan fingerprint density at radius 1 is 1.39 bits per heavy atom. The van der Waals surface area contributed by atoms with Gasteiger partial charge in [0, 0.05) is 0 Å². The Balaban J connectivity index is 1.83.